The third kappa shape index (κ3) is 3.65. The highest BCUT2D eigenvalue weighted by molar-refractivity contribution is 6.34. The molecule has 7 heteroatoms. The maximum Gasteiger partial charge on any atom is 0.226 e. The van der Waals surface area contributed by atoms with Crippen LogP contribution in [0.2, 0.25) is 10.0 Å². The normalized spacial score (nSPS) is 10.6. The van der Waals surface area contributed by atoms with E-state index in [0.717, 1.165) is 5.69 Å². The second-order valence-electron chi connectivity index (χ2n) is 4.36. The predicted octanol–water partition coefficient (Wildman–Crippen LogP) is 3.11. The van der Waals surface area contributed by atoms with Gasteiger partial charge in [-0.3, -0.25) is 9.48 Å². The topological polar surface area (TPSA) is 72.9 Å². The molecule has 1 aromatic carbocycles. The van der Waals surface area contributed by atoms with Gasteiger partial charge in [-0.25, -0.2) is 0 Å². The minimum atomic E-state index is -0.152. The highest BCUT2D eigenvalue weighted by Gasteiger charge is 2.08. The summed E-state index contributed by atoms with van der Waals surface area (Å²) in [5, 5.41) is 7.91. The number of nitrogens with one attached hydrogen (secondary N) is 1. The smallest absolute Gasteiger partial charge is 0.226 e. The van der Waals surface area contributed by atoms with Gasteiger partial charge in [-0.1, -0.05) is 23.2 Å². The first-order valence-corrected chi connectivity index (χ1v) is 6.75. The van der Waals surface area contributed by atoms with Crippen molar-refractivity contribution in [1.29, 1.82) is 0 Å². The Morgan fingerprint density at radius 2 is 2.15 bits per heavy atom. The fourth-order valence-corrected chi connectivity index (χ4v) is 2.06. The molecule has 0 atom stereocenters. The van der Waals surface area contributed by atoms with Gasteiger partial charge in [-0.15, -0.1) is 0 Å². The Labute approximate surface area is 126 Å². The fraction of sp³-hybridized carbons (Fsp3) is 0.231. The van der Waals surface area contributed by atoms with Crippen LogP contribution in [0.25, 0.3) is 0 Å². The molecule has 106 valence electrons. The SMILES string of the molecule is Cc1nn(CCC(=O)Nc2ccc(N)cc2Cl)cc1Cl. The number of benzene rings is 1. The zero-order valence-corrected chi connectivity index (χ0v) is 12.4. The number of nitrogen functional groups attached to an aromatic ring is 1. The van der Waals surface area contributed by atoms with Crippen molar-refractivity contribution in [3.8, 4) is 0 Å². The molecule has 2 rings (SSSR count). The number of hydrogen-bond acceptors (Lipinski definition) is 3. The molecule has 5 nitrogen and oxygen atoms in total. The number of rotatable bonds is 4. The first-order valence-electron chi connectivity index (χ1n) is 6.00. The number of nitrogens with two attached hydrogens (primary N) is 1. The van der Waals surface area contributed by atoms with Crippen molar-refractivity contribution in [1.82, 2.24) is 9.78 Å². The molecule has 0 unspecified atom stereocenters. The molecule has 20 heavy (non-hydrogen) atoms. The van der Waals surface area contributed by atoms with Crippen molar-refractivity contribution in [2.75, 3.05) is 11.1 Å². The van der Waals surface area contributed by atoms with E-state index in [1.165, 1.54) is 0 Å². The molecular weight excluding hydrogens is 299 g/mol. The number of halogens is 2. The van der Waals surface area contributed by atoms with E-state index in [9.17, 15) is 4.79 Å². The standard InChI is InChI=1S/C13H14Cl2N4O/c1-8-11(15)7-19(18-8)5-4-13(20)17-12-3-2-9(16)6-10(12)14/h2-3,6-7H,4-5,16H2,1H3,(H,17,20). The Hall–Kier alpha value is -1.72. The maximum absolute atomic E-state index is 11.8. The van der Waals surface area contributed by atoms with Gasteiger partial charge in [-0.2, -0.15) is 5.10 Å². The number of aryl methyl sites for hydroxylation is 2. The van der Waals surface area contributed by atoms with E-state index in [2.05, 4.69) is 10.4 Å². The summed E-state index contributed by atoms with van der Waals surface area (Å²) >= 11 is 11.9. The van der Waals surface area contributed by atoms with Gasteiger partial charge in [0.1, 0.15) is 0 Å². The van der Waals surface area contributed by atoms with Gasteiger partial charge in [0.2, 0.25) is 5.91 Å². The van der Waals surface area contributed by atoms with Crippen LogP contribution in [0.1, 0.15) is 12.1 Å². The van der Waals surface area contributed by atoms with Crippen LogP contribution in [0, 0.1) is 6.92 Å². The Morgan fingerprint density at radius 1 is 1.40 bits per heavy atom. The number of aromatic nitrogens is 2. The Kier molecular flexibility index (Phi) is 4.52. The minimum absolute atomic E-state index is 0.152. The zero-order valence-electron chi connectivity index (χ0n) is 10.9. The molecule has 0 radical (unpaired) electrons. The summed E-state index contributed by atoms with van der Waals surface area (Å²) in [4.78, 5) is 11.8. The molecule has 3 N–H and O–H groups in total. The summed E-state index contributed by atoms with van der Waals surface area (Å²) in [5.74, 6) is -0.152. The fourth-order valence-electron chi connectivity index (χ4n) is 1.67. The number of nitrogens with zero attached hydrogens (tertiary/aromatic N) is 2. The Bertz CT molecular complexity index is 620. The number of amides is 1. The molecule has 0 saturated heterocycles. The lowest BCUT2D eigenvalue weighted by Crippen LogP contribution is -2.15. The van der Waals surface area contributed by atoms with Crippen molar-refractivity contribution >= 4 is 40.5 Å². The van der Waals surface area contributed by atoms with Crippen molar-refractivity contribution in [3.05, 3.63) is 40.1 Å². The summed E-state index contributed by atoms with van der Waals surface area (Å²) < 4.78 is 1.64. The lowest BCUT2D eigenvalue weighted by atomic mass is 10.2. The second-order valence-corrected chi connectivity index (χ2v) is 5.18. The summed E-state index contributed by atoms with van der Waals surface area (Å²) in [7, 11) is 0. The van der Waals surface area contributed by atoms with Gasteiger partial charge in [0.25, 0.3) is 0 Å². The third-order valence-corrected chi connectivity index (χ3v) is 3.41. The molecule has 0 fully saturated rings. The van der Waals surface area contributed by atoms with Crippen LogP contribution in [-0.2, 0) is 11.3 Å². The lowest BCUT2D eigenvalue weighted by Gasteiger charge is -2.08. The van der Waals surface area contributed by atoms with Gasteiger partial charge < -0.3 is 11.1 Å². The number of hydrogen-bond donors (Lipinski definition) is 2. The molecule has 0 saturated carbocycles. The van der Waals surface area contributed by atoms with Crippen LogP contribution in [0.3, 0.4) is 0 Å². The average Bonchev–Trinajstić information content (AvgIpc) is 2.70. The quantitative estimate of drug-likeness (QED) is 0.852. The molecule has 2 aromatic rings. The van der Waals surface area contributed by atoms with Crippen molar-refractivity contribution < 1.29 is 4.79 Å². The second kappa shape index (κ2) is 6.15. The van der Waals surface area contributed by atoms with E-state index < -0.39 is 0 Å². The Morgan fingerprint density at radius 3 is 2.75 bits per heavy atom. The van der Waals surface area contributed by atoms with E-state index in [-0.39, 0.29) is 12.3 Å². The minimum Gasteiger partial charge on any atom is -0.399 e. The van der Waals surface area contributed by atoms with Crippen LogP contribution in [-0.4, -0.2) is 15.7 Å². The first kappa shape index (κ1) is 14.7. The molecule has 1 amide bonds. The molecule has 0 aliphatic heterocycles. The maximum atomic E-state index is 11.8. The van der Waals surface area contributed by atoms with E-state index in [1.54, 1.807) is 29.1 Å². The van der Waals surface area contributed by atoms with Crippen LogP contribution in [0.4, 0.5) is 11.4 Å². The summed E-state index contributed by atoms with van der Waals surface area (Å²) in [6, 6.07) is 4.94. The summed E-state index contributed by atoms with van der Waals surface area (Å²) in [5.41, 5.74) is 7.43. The molecule has 1 heterocycles. The lowest BCUT2D eigenvalue weighted by molar-refractivity contribution is -0.116. The predicted molar refractivity (Wildman–Crippen MR) is 81.1 cm³/mol. The monoisotopic (exact) mass is 312 g/mol. The van der Waals surface area contributed by atoms with Gasteiger partial charge in [0, 0.05) is 24.8 Å². The zero-order chi connectivity index (χ0) is 14.7. The van der Waals surface area contributed by atoms with E-state index in [4.69, 9.17) is 28.9 Å². The summed E-state index contributed by atoms with van der Waals surface area (Å²) in [6.07, 6.45) is 1.97. The van der Waals surface area contributed by atoms with Gasteiger partial charge in [0.05, 0.1) is 21.4 Å². The van der Waals surface area contributed by atoms with Gasteiger partial charge in [-0.05, 0) is 25.1 Å². The third-order valence-electron chi connectivity index (χ3n) is 2.72. The highest BCUT2D eigenvalue weighted by Crippen LogP contribution is 2.24. The van der Waals surface area contributed by atoms with E-state index >= 15 is 0 Å². The van der Waals surface area contributed by atoms with Crippen LogP contribution < -0.4 is 11.1 Å². The van der Waals surface area contributed by atoms with Gasteiger partial charge >= 0.3 is 0 Å². The molecular formula is C13H14Cl2N4O. The van der Waals surface area contributed by atoms with Crippen molar-refractivity contribution in [2.45, 2.75) is 19.9 Å². The van der Waals surface area contributed by atoms with Crippen LogP contribution >= 0.6 is 23.2 Å². The van der Waals surface area contributed by atoms with E-state index in [0.29, 0.717) is 28.0 Å². The molecule has 1 aromatic heterocycles. The first-order chi connectivity index (χ1) is 9.45. The number of anilines is 2. The summed E-state index contributed by atoms with van der Waals surface area (Å²) in [6.45, 7) is 2.26. The van der Waals surface area contributed by atoms with Crippen LogP contribution in [0.15, 0.2) is 24.4 Å². The number of carbonyl (C=O) groups excluding carboxylic acids is 1. The average molecular weight is 313 g/mol. The molecule has 0 spiro atoms. The Balaban J connectivity index is 1.92. The number of carbonyl (C=O) groups is 1. The van der Waals surface area contributed by atoms with Crippen molar-refractivity contribution in [2.24, 2.45) is 0 Å². The van der Waals surface area contributed by atoms with Crippen molar-refractivity contribution in [3.63, 3.8) is 0 Å². The largest absolute Gasteiger partial charge is 0.399 e. The van der Waals surface area contributed by atoms with Crippen LogP contribution in [0.5, 0.6) is 0 Å². The molecule has 0 aliphatic carbocycles. The highest BCUT2D eigenvalue weighted by atomic mass is 35.5. The molecule has 0 bridgehead atoms. The molecule has 0 aliphatic rings. The van der Waals surface area contributed by atoms with E-state index in [1.807, 2.05) is 6.92 Å². The van der Waals surface area contributed by atoms with Gasteiger partial charge in [0.15, 0.2) is 0 Å².